The number of aromatic nitrogens is 1. The van der Waals surface area contributed by atoms with E-state index in [0.717, 1.165) is 11.1 Å². The van der Waals surface area contributed by atoms with E-state index in [0.29, 0.717) is 10.6 Å². The highest BCUT2D eigenvalue weighted by Gasteiger charge is 2.27. The van der Waals surface area contributed by atoms with E-state index in [1.807, 2.05) is 60.7 Å². The van der Waals surface area contributed by atoms with Gasteiger partial charge >= 0.3 is 0 Å². The number of benzene rings is 2. The summed E-state index contributed by atoms with van der Waals surface area (Å²) in [5.41, 5.74) is 8.86. The van der Waals surface area contributed by atoms with E-state index in [-0.39, 0.29) is 6.42 Å². The molecule has 0 saturated carbocycles. The van der Waals surface area contributed by atoms with Crippen LogP contribution in [0.1, 0.15) is 15.2 Å². The summed E-state index contributed by atoms with van der Waals surface area (Å²) >= 11 is 1.17. The van der Waals surface area contributed by atoms with Crippen LogP contribution in [0, 0.1) is 0 Å². The van der Waals surface area contributed by atoms with Crippen molar-refractivity contribution in [3.05, 3.63) is 76.6 Å². The molecule has 0 spiro atoms. The van der Waals surface area contributed by atoms with Crippen LogP contribution in [-0.2, 0) is 16.0 Å². The lowest BCUT2D eigenvalue weighted by Crippen LogP contribution is -2.47. The molecule has 6 nitrogen and oxygen atoms in total. The van der Waals surface area contributed by atoms with Gasteiger partial charge in [-0.15, -0.1) is 11.3 Å². The molecular weight excluding hydrogens is 362 g/mol. The predicted octanol–water partition coefficient (Wildman–Crippen LogP) is 2.21. The Bertz CT molecular complexity index is 955. The smallest absolute Gasteiger partial charge is 0.287 e. The van der Waals surface area contributed by atoms with Gasteiger partial charge in [-0.2, -0.15) is 0 Å². The summed E-state index contributed by atoms with van der Waals surface area (Å²) in [4.78, 5) is 41.0. The van der Waals surface area contributed by atoms with Crippen LogP contribution in [-0.4, -0.2) is 28.6 Å². The first kappa shape index (κ1) is 18.5. The van der Waals surface area contributed by atoms with Gasteiger partial charge in [-0.25, -0.2) is 4.98 Å². The van der Waals surface area contributed by atoms with Crippen LogP contribution in [0.25, 0.3) is 11.3 Å². The molecule has 1 atom stereocenters. The first-order valence-corrected chi connectivity index (χ1v) is 9.11. The molecule has 0 fully saturated rings. The van der Waals surface area contributed by atoms with Crippen LogP contribution in [0.3, 0.4) is 0 Å². The Labute approximate surface area is 160 Å². The number of nitrogens with zero attached hydrogens (tertiary/aromatic N) is 1. The Balaban J connectivity index is 1.84. The van der Waals surface area contributed by atoms with Crippen LogP contribution in [0.15, 0.2) is 66.2 Å². The van der Waals surface area contributed by atoms with Gasteiger partial charge in [0.1, 0.15) is 10.9 Å². The van der Waals surface area contributed by atoms with Gasteiger partial charge in [-0.05, 0) is 5.56 Å². The van der Waals surface area contributed by atoms with Crippen molar-refractivity contribution in [2.45, 2.75) is 12.5 Å². The number of Topliss-reactive ketones (excluding diaryl/α,β-unsaturated/α-hetero) is 1. The van der Waals surface area contributed by atoms with Crippen molar-refractivity contribution in [3.63, 3.8) is 0 Å². The highest BCUT2D eigenvalue weighted by Crippen LogP contribution is 2.25. The number of nitrogens with one attached hydrogen (secondary N) is 1. The van der Waals surface area contributed by atoms with Gasteiger partial charge in [0.25, 0.3) is 11.8 Å². The first-order valence-electron chi connectivity index (χ1n) is 8.23. The second-order valence-electron chi connectivity index (χ2n) is 5.84. The summed E-state index contributed by atoms with van der Waals surface area (Å²) in [7, 11) is 0. The lowest BCUT2D eigenvalue weighted by molar-refractivity contribution is -0.137. The lowest BCUT2D eigenvalue weighted by Gasteiger charge is -2.16. The average Bonchev–Trinajstić information content (AvgIpc) is 3.18. The topological polar surface area (TPSA) is 102 Å². The van der Waals surface area contributed by atoms with Crippen molar-refractivity contribution in [3.8, 4) is 11.3 Å². The summed E-state index contributed by atoms with van der Waals surface area (Å²) in [5, 5.41) is 2.64. The van der Waals surface area contributed by atoms with Crippen molar-refractivity contribution in [2.75, 3.05) is 0 Å². The third-order valence-corrected chi connectivity index (χ3v) is 4.79. The summed E-state index contributed by atoms with van der Waals surface area (Å²) in [6, 6.07) is 17.3. The van der Waals surface area contributed by atoms with Gasteiger partial charge < -0.3 is 11.1 Å². The number of rotatable bonds is 7. The lowest BCUT2D eigenvalue weighted by atomic mass is 10.0. The fourth-order valence-corrected chi connectivity index (χ4v) is 3.38. The molecule has 7 heteroatoms. The molecule has 0 aliphatic rings. The number of amides is 2. The number of ketones is 1. The Kier molecular flexibility index (Phi) is 5.73. The van der Waals surface area contributed by atoms with Crippen molar-refractivity contribution < 1.29 is 14.4 Å². The fraction of sp³-hybridized carbons (Fsp3) is 0.100. The maximum absolute atomic E-state index is 12.8. The number of hydrogen-bond donors (Lipinski definition) is 2. The normalized spacial score (nSPS) is 11.6. The third kappa shape index (κ3) is 4.45. The molecule has 1 aromatic heterocycles. The Morgan fingerprint density at radius 3 is 2.26 bits per heavy atom. The van der Waals surface area contributed by atoms with E-state index in [4.69, 9.17) is 5.73 Å². The molecular formula is C20H17N3O3S. The molecule has 3 N–H and O–H groups in total. The van der Waals surface area contributed by atoms with Crippen LogP contribution in [0.5, 0.6) is 0 Å². The number of primary amides is 1. The van der Waals surface area contributed by atoms with Crippen molar-refractivity contribution in [1.82, 2.24) is 10.3 Å². The molecule has 2 aromatic carbocycles. The molecule has 0 aliphatic heterocycles. The molecule has 1 heterocycles. The summed E-state index contributed by atoms with van der Waals surface area (Å²) in [6.07, 6.45) is 0.174. The fourth-order valence-electron chi connectivity index (χ4n) is 2.66. The van der Waals surface area contributed by atoms with E-state index < -0.39 is 23.6 Å². The largest absolute Gasteiger partial charge is 0.363 e. The maximum atomic E-state index is 12.8. The van der Waals surface area contributed by atoms with Crippen molar-refractivity contribution in [2.24, 2.45) is 5.73 Å². The number of thiazole rings is 1. The average molecular weight is 379 g/mol. The van der Waals surface area contributed by atoms with Gasteiger partial charge in [0.15, 0.2) is 0 Å². The minimum absolute atomic E-state index is 0.174. The van der Waals surface area contributed by atoms with Crippen molar-refractivity contribution in [1.29, 1.82) is 0 Å². The Hall–Kier alpha value is -3.32. The summed E-state index contributed by atoms with van der Waals surface area (Å²) < 4.78 is 0. The quantitative estimate of drug-likeness (QED) is 0.614. The minimum atomic E-state index is -1.08. The third-order valence-electron chi connectivity index (χ3n) is 3.97. The molecule has 2 amide bonds. The van der Waals surface area contributed by atoms with Gasteiger partial charge in [-0.3, -0.25) is 14.4 Å². The Morgan fingerprint density at radius 1 is 1.00 bits per heavy atom. The predicted molar refractivity (Wildman–Crippen MR) is 103 cm³/mol. The number of carbonyl (C=O) groups excluding carboxylic acids is 3. The van der Waals surface area contributed by atoms with E-state index in [2.05, 4.69) is 10.3 Å². The molecule has 0 unspecified atom stereocenters. The minimum Gasteiger partial charge on any atom is -0.363 e. The van der Waals surface area contributed by atoms with E-state index in [9.17, 15) is 14.4 Å². The highest BCUT2D eigenvalue weighted by atomic mass is 32.1. The second kappa shape index (κ2) is 8.37. The Morgan fingerprint density at radius 2 is 1.63 bits per heavy atom. The standard InChI is InChI=1S/C20H17N3O3S/c21-19(25)17(24)15(11-13-7-3-1-4-8-13)23-20(26)18-16(22-12-27-18)14-9-5-2-6-10-14/h1-10,12,15H,11H2,(H2,21,25)(H,23,26)/t15-/m0/s1. The van der Waals surface area contributed by atoms with Crippen LogP contribution >= 0.6 is 11.3 Å². The highest BCUT2D eigenvalue weighted by molar-refractivity contribution is 7.12. The van der Waals surface area contributed by atoms with Crippen LogP contribution < -0.4 is 11.1 Å². The van der Waals surface area contributed by atoms with Gasteiger partial charge in [0, 0.05) is 12.0 Å². The molecule has 3 aromatic rings. The zero-order valence-corrected chi connectivity index (χ0v) is 15.1. The zero-order valence-electron chi connectivity index (χ0n) is 14.3. The molecule has 0 aliphatic carbocycles. The number of nitrogens with two attached hydrogens (primary N) is 1. The summed E-state index contributed by atoms with van der Waals surface area (Å²) in [5.74, 6) is -2.38. The number of carbonyl (C=O) groups is 3. The SMILES string of the molecule is NC(=O)C(=O)[C@H](Cc1ccccc1)NC(=O)c1scnc1-c1ccccc1. The molecule has 136 valence electrons. The second-order valence-corrected chi connectivity index (χ2v) is 6.70. The molecule has 27 heavy (non-hydrogen) atoms. The van der Waals surface area contributed by atoms with Crippen LogP contribution in [0.4, 0.5) is 0 Å². The van der Waals surface area contributed by atoms with Crippen LogP contribution in [0.2, 0.25) is 0 Å². The molecule has 3 rings (SSSR count). The van der Waals surface area contributed by atoms with Gasteiger partial charge in [0.05, 0.1) is 11.2 Å². The van der Waals surface area contributed by atoms with Gasteiger partial charge in [0.2, 0.25) is 5.78 Å². The van der Waals surface area contributed by atoms with Crippen molar-refractivity contribution >= 4 is 28.9 Å². The molecule has 0 radical (unpaired) electrons. The van der Waals surface area contributed by atoms with E-state index in [1.165, 1.54) is 11.3 Å². The zero-order chi connectivity index (χ0) is 19.2. The van der Waals surface area contributed by atoms with Gasteiger partial charge in [-0.1, -0.05) is 60.7 Å². The van der Waals surface area contributed by atoms with E-state index >= 15 is 0 Å². The number of hydrogen-bond acceptors (Lipinski definition) is 5. The molecule has 0 saturated heterocycles. The maximum Gasteiger partial charge on any atom is 0.287 e. The first-order chi connectivity index (χ1) is 13.1. The molecule has 0 bridgehead atoms. The summed E-state index contributed by atoms with van der Waals surface area (Å²) in [6.45, 7) is 0. The monoisotopic (exact) mass is 379 g/mol. The van der Waals surface area contributed by atoms with E-state index in [1.54, 1.807) is 5.51 Å².